The molecular weight excluding hydrogens is 382 g/mol. The van der Waals surface area contributed by atoms with Crippen molar-refractivity contribution in [3.05, 3.63) is 70.8 Å². The molecule has 4 nitrogen and oxygen atoms in total. The molecule has 4 rings (SSSR count). The normalized spacial score (nSPS) is 20.0. The number of hydrogen-bond acceptors (Lipinski definition) is 3. The summed E-state index contributed by atoms with van der Waals surface area (Å²) in [6.07, 6.45) is 4.53. The Morgan fingerprint density at radius 3 is 2.16 bits per heavy atom. The van der Waals surface area contributed by atoms with Crippen molar-refractivity contribution in [3.8, 4) is 0 Å². The third-order valence-electron chi connectivity index (χ3n) is 7.52. The van der Waals surface area contributed by atoms with Crippen molar-refractivity contribution >= 4 is 5.91 Å². The summed E-state index contributed by atoms with van der Waals surface area (Å²) in [4.78, 5) is 17.9. The van der Waals surface area contributed by atoms with Crippen molar-refractivity contribution in [1.29, 1.82) is 0 Å². The number of nitrogens with zero attached hydrogens (tertiary/aromatic N) is 2. The standard InChI is InChI=1S/C27H37N3O/c1-21-8-7-9-22(2)25(21)26(31)29-18-14-27(3,15-19-29)30-16-12-24(13-17-30)28-20-23-10-5-4-6-11-23/h4-11,24,28H,12-20H2,1-3H3. The topological polar surface area (TPSA) is 35.6 Å². The number of piperidine rings is 2. The maximum atomic E-state index is 13.2. The van der Waals surface area contributed by atoms with Crippen LogP contribution in [0.3, 0.4) is 0 Å². The second-order valence-electron chi connectivity index (χ2n) is 9.68. The number of amides is 1. The summed E-state index contributed by atoms with van der Waals surface area (Å²) in [5.74, 6) is 0.210. The average molecular weight is 420 g/mol. The lowest BCUT2D eigenvalue weighted by Crippen LogP contribution is -2.57. The van der Waals surface area contributed by atoms with Crippen LogP contribution in [-0.4, -0.2) is 53.5 Å². The van der Waals surface area contributed by atoms with Crippen LogP contribution in [-0.2, 0) is 6.54 Å². The van der Waals surface area contributed by atoms with Gasteiger partial charge in [0, 0.05) is 49.9 Å². The van der Waals surface area contributed by atoms with E-state index in [1.807, 2.05) is 32.0 Å². The van der Waals surface area contributed by atoms with E-state index in [2.05, 4.69) is 52.4 Å². The van der Waals surface area contributed by atoms with Crippen LogP contribution in [0.4, 0.5) is 0 Å². The van der Waals surface area contributed by atoms with Crippen LogP contribution in [0.15, 0.2) is 48.5 Å². The Bertz CT molecular complexity index is 858. The molecule has 2 saturated heterocycles. The molecule has 166 valence electrons. The van der Waals surface area contributed by atoms with Gasteiger partial charge in [0.25, 0.3) is 5.91 Å². The van der Waals surface area contributed by atoms with Crippen molar-refractivity contribution < 1.29 is 4.79 Å². The second kappa shape index (κ2) is 9.54. The Morgan fingerprint density at radius 1 is 0.935 bits per heavy atom. The molecule has 2 heterocycles. The lowest BCUT2D eigenvalue weighted by Gasteiger charge is -2.49. The van der Waals surface area contributed by atoms with E-state index in [1.54, 1.807) is 0 Å². The fourth-order valence-corrected chi connectivity index (χ4v) is 5.30. The molecule has 0 saturated carbocycles. The molecule has 2 aromatic carbocycles. The van der Waals surface area contributed by atoms with E-state index < -0.39 is 0 Å². The molecule has 31 heavy (non-hydrogen) atoms. The van der Waals surface area contributed by atoms with Gasteiger partial charge in [-0.05, 0) is 63.1 Å². The summed E-state index contributed by atoms with van der Waals surface area (Å²) in [7, 11) is 0. The summed E-state index contributed by atoms with van der Waals surface area (Å²) < 4.78 is 0. The van der Waals surface area contributed by atoms with Crippen molar-refractivity contribution in [2.75, 3.05) is 26.2 Å². The van der Waals surface area contributed by atoms with Gasteiger partial charge >= 0.3 is 0 Å². The summed E-state index contributed by atoms with van der Waals surface area (Å²) in [6.45, 7) is 11.5. The predicted molar refractivity (Wildman–Crippen MR) is 127 cm³/mol. The molecular formula is C27H37N3O. The Balaban J connectivity index is 1.28. The summed E-state index contributed by atoms with van der Waals surface area (Å²) in [5, 5.41) is 3.75. The lowest BCUT2D eigenvalue weighted by molar-refractivity contribution is 0.0153. The third kappa shape index (κ3) is 5.02. The van der Waals surface area contributed by atoms with Gasteiger partial charge in [-0.2, -0.15) is 0 Å². The first kappa shape index (κ1) is 22.0. The van der Waals surface area contributed by atoms with E-state index in [4.69, 9.17) is 0 Å². The minimum atomic E-state index is 0.210. The molecule has 1 N–H and O–H groups in total. The zero-order chi connectivity index (χ0) is 21.8. The SMILES string of the molecule is Cc1cccc(C)c1C(=O)N1CCC(C)(N2CCC(NCc3ccccc3)CC2)CC1. The lowest BCUT2D eigenvalue weighted by atomic mass is 9.85. The van der Waals surface area contributed by atoms with Gasteiger partial charge in [-0.3, -0.25) is 9.69 Å². The van der Waals surface area contributed by atoms with Crippen molar-refractivity contribution in [2.24, 2.45) is 0 Å². The number of nitrogens with one attached hydrogen (secondary N) is 1. The maximum absolute atomic E-state index is 13.2. The number of hydrogen-bond donors (Lipinski definition) is 1. The second-order valence-corrected chi connectivity index (χ2v) is 9.68. The van der Waals surface area contributed by atoms with E-state index in [-0.39, 0.29) is 11.4 Å². The predicted octanol–water partition coefficient (Wildman–Crippen LogP) is 4.55. The van der Waals surface area contributed by atoms with Gasteiger partial charge in [0.2, 0.25) is 0 Å². The monoisotopic (exact) mass is 419 g/mol. The first-order valence-electron chi connectivity index (χ1n) is 11.8. The van der Waals surface area contributed by atoms with Gasteiger partial charge in [0.05, 0.1) is 0 Å². The quantitative estimate of drug-likeness (QED) is 0.772. The highest BCUT2D eigenvalue weighted by molar-refractivity contribution is 5.97. The summed E-state index contributed by atoms with van der Waals surface area (Å²) >= 11 is 0. The van der Waals surface area contributed by atoms with Crippen LogP contribution in [0.25, 0.3) is 0 Å². The minimum absolute atomic E-state index is 0.210. The van der Waals surface area contributed by atoms with Crippen LogP contribution in [0, 0.1) is 13.8 Å². The molecule has 0 spiro atoms. The molecule has 0 bridgehead atoms. The summed E-state index contributed by atoms with van der Waals surface area (Å²) in [5.41, 5.74) is 4.64. The molecule has 0 unspecified atom stereocenters. The number of rotatable bonds is 5. The maximum Gasteiger partial charge on any atom is 0.254 e. The van der Waals surface area contributed by atoms with Gasteiger partial charge in [-0.1, -0.05) is 48.5 Å². The fourth-order valence-electron chi connectivity index (χ4n) is 5.30. The van der Waals surface area contributed by atoms with Gasteiger partial charge < -0.3 is 10.2 Å². The first-order chi connectivity index (χ1) is 15.0. The third-order valence-corrected chi connectivity index (χ3v) is 7.52. The van der Waals surface area contributed by atoms with Crippen LogP contribution in [0.1, 0.15) is 59.7 Å². The summed E-state index contributed by atoms with van der Waals surface area (Å²) in [6, 6.07) is 17.4. The van der Waals surface area contributed by atoms with Crippen molar-refractivity contribution in [2.45, 2.75) is 64.6 Å². The first-order valence-corrected chi connectivity index (χ1v) is 11.8. The van der Waals surface area contributed by atoms with E-state index in [0.29, 0.717) is 6.04 Å². The molecule has 1 amide bonds. The zero-order valence-electron chi connectivity index (χ0n) is 19.4. The highest BCUT2D eigenvalue weighted by Crippen LogP contribution is 2.32. The van der Waals surface area contributed by atoms with Crippen molar-refractivity contribution in [3.63, 3.8) is 0 Å². The smallest absolute Gasteiger partial charge is 0.254 e. The van der Waals surface area contributed by atoms with E-state index in [9.17, 15) is 4.79 Å². The molecule has 2 aromatic rings. The average Bonchev–Trinajstić information content (AvgIpc) is 2.79. The van der Waals surface area contributed by atoms with Crippen LogP contribution >= 0.6 is 0 Å². The molecule has 2 aliphatic rings. The molecule has 0 aliphatic carbocycles. The van der Waals surface area contributed by atoms with Gasteiger partial charge in [-0.25, -0.2) is 0 Å². The molecule has 0 aromatic heterocycles. The van der Waals surface area contributed by atoms with E-state index >= 15 is 0 Å². The Kier molecular flexibility index (Phi) is 6.78. The Morgan fingerprint density at radius 2 is 1.55 bits per heavy atom. The van der Waals surface area contributed by atoms with Gasteiger partial charge in [-0.15, -0.1) is 0 Å². The molecule has 0 atom stereocenters. The van der Waals surface area contributed by atoms with Crippen LogP contribution < -0.4 is 5.32 Å². The fraction of sp³-hybridized carbons (Fsp3) is 0.519. The molecule has 0 radical (unpaired) electrons. The van der Waals surface area contributed by atoms with Crippen LogP contribution in [0.5, 0.6) is 0 Å². The van der Waals surface area contributed by atoms with Crippen molar-refractivity contribution in [1.82, 2.24) is 15.1 Å². The number of carbonyl (C=O) groups is 1. The van der Waals surface area contributed by atoms with E-state index in [0.717, 1.165) is 62.3 Å². The minimum Gasteiger partial charge on any atom is -0.338 e. The molecule has 2 fully saturated rings. The molecule has 4 heteroatoms. The van der Waals surface area contributed by atoms with Crippen LogP contribution in [0.2, 0.25) is 0 Å². The largest absolute Gasteiger partial charge is 0.338 e. The highest BCUT2D eigenvalue weighted by atomic mass is 16.2. The zero-order valence-corrected chi connectivity index (χ0v) is 19.4. The van der Waals surface area contributed by atoms with Gasteiger partial charge in [0.1, 0.15) is 0 Å². The number of carbonyl (C=O) groups excluding carboxylic acids is 1. The number of aryl methyl sites for hydroxylation is 2. The number of benzene rings is 2. The van der Waals surface area contributed by atoms with E-state index in [1.165, 1.54) is 18.4 Å². The number of likely N-dealkylation sites (tertiary alicyclic amines) is 2. The molecule has 2 aliphatic heterocycles. The Labute approximate surface area is 187 Å². The highest BCUT2D eigenvalue weighted by Gasteiger charge is 2.38. The van der Waals surface area contributed by atoms with Gasteiger partial charge in [0.15, 0.2) is 0 Å². The Hall–Kier alpha value is -2.17.